The molecule has 0 aliphatic heterocycles. The maximum atomic E-state index is 11.1. The van der Waals surface area contributed by atoms with Crippen LogP contribution in [0.1, 0.15) is 27.2 Å². The highest BCUT2D eigenvalue weighted by atomic mass is 32.2. The molecule has 0 rings (SSSR count). The van der Waals surface area contributed by atoms with Crippen LogP contribution in [0.4, 0.5) is 0 Å². The maximum absolute atomic E-state index is 11.1. The van der Waals surface area contributed by atoms with E-state index in [0.717, 1.165) is 0 Å². The van der Waals surface area contributed by atoms with Crippen LogP contribution in [-0.2, 0) is 14.8 Å². The lowest BCUT2D eigenvalue weighted by molar-refractivity contribution is -0.118. The van der Waals surface area contributed by atoms with Crippen molar-refractivity contribution in [3.05, 3.63) is 0 Å². The largest absolute Gasteiger partial charge is 0.298 e. The van der Waals surface area contributed by atoms with Crippen LogP contribution >= 0.6 is 0 Å². The molecule has 0 amide bonds. The minimum atomic E-state index is -3.25. The molecule has 0 aromatic carbocycles. The van der Waals surface area contributed by atoms with E-state index in [9.17, 15) is 13.2 Å². The Morgan fingerprint density at radius 3 is 2.33 bits per heavy atom. The quantitative estimate of drug-likeness (QED) is 0.682. The predicted octanol–water partition coefficient (Wildman–Crippen LogP) is 0.293. The molecule has 0 saturated heterocycles. The molecular weight excluding hydrogens is 178 g/mol. The van der Waals surface area contributed by atoms with E-state index in [0.29, 0.717) is 6.42 Å². The van der Waals surface area contributed by atoms with Crippen LogP contribution in [0.3, 0.4) is 0 Å². The van der Waals surface area contributed by atoms with Crippen LogP contribution in [0.2, 0.25) is 0 Å². The molecule has 0 bridgehead atoms. The van der Waals surface area contributed by atoms with Crippen molar-refractivity contribution in [2.24, 2.45) is 0 Å². The Kier molecular flexibility index (Phi) is 4.41. The second-order valence-electron chi connectivity index (χ2n) is 2.77. The van der Waals surface area contributed by atoms with Crippen LogP contribution in [-0.4, -0.2) is 26.0 Å². The third-order valence-electron chi connectivity index (χ3n) is 1.44. The van der Waals surface area contributed by atoms with Gasteiger partial charge in [-0.1, -0.05) is 6.92 Å². The van der Waals surface area contributed by atoms with Crippen LogP contribution in [0.15, 0.2) is 0 Å². The summed E-state index contributed by atoms with van der Waals surface area (Å²) in [5.41, 5.74) is 0. The fourth-order valence-corrected chi connectivity index (χ4v) is 2.04. The lowest BCUT2D eigenvalue weighted by Crippen LogP contribution is -2.38. The molecule has 1 unspecified atom stereocenters. The summed E-state index contributed by atoms with van der Waals surface area (Å²) in [5, 5.41) is 0. The number of carbonyl (C=O) groups excluding carboxylic acids is 1. The number of sulfonamides is 1. The molecule has 0 fully saturated rings. The summed E-state index contributed by atoms with van der Waals surface area (Å²) >= 11 is 0. The first-order valence-electron chi connectivity index (χ1n) is 3.89. The molecule has 0 radical (unpaired) electrons. The summed E-state index contributed by atoms with van der Waals surface area (Å²) in [6.45, 7) is 4.67. The molecule has 4 nitrogen and oxygen atoms in total. The molecule has 0 aliphatic carbocycles. The van der Waals surface area contributed by atoms with Gasteiger partial charge in [0.15, 0.2) is 0 Å². The fourth-order valence-electron chi connectivity index (χ4n) is 0.680. The lowest BCUT2D eigenvalue weighted by atomic mass is 10.3. The zero-order chi connectivity index (χ0) is 9.78. The average molecular weight is 193 g/mol. The van der Waals surface area contributed by atoms with Gasteiger partial charge in [-0.3, -0.25) is 4.79 Å². The number of ketones is 1. The Labute approximate surface area is 73.4 Å². The van der Waals surface area contributed by atoms with Crippen LogP contribution in [0.25, 0.3) is 0 Å². The summed E-state index contributed by atoms with van der Waals surface area (Å²) in [7, 11) is -3.25. The first kappa shape index (κ1) is 11.6. The van der Waals surface area contributed by atoms with E-state index < -0.39 is 16.1 Å². The average Bonchev–Trinajstić information content (AvgIpc) is 1.85. The molecule has 0 heterocycles. The Morgan fingerprint density at radius 2 is 2.00 bits per heavy atom. The molecule has 5 heteroatoms. The second-order valence-corrected chi connectivity index (χ2v) is 4.64. The monoisotopic (exact) mass is 193 g/mol. The van der Waals surface area contributed by atoms with Crippen LogP contribution in [0, 0.1) is 0 Å². The Balaban J connectivity index is 4.16. The number of carbonyl (C=O) groups is 1. The van der Waals surface area contributed by atoms with E-state index >= 15 is 0 Å². The van der Waals surface area contributed by atoms with Gasteiger partial charge in [0.05, 0.1) is 11.8 Å². The molecule has 0 aromatic rings. The van der Waals surface area contributed by atoms with Gasteiger partial charge >= 0.3 is 0 Å². The van der Waals surface area contributed by atoms with Gasteiger partial charge in [0.1, 0.15) is 5.78 Å². The van der Waals surface area contributed by atoms with E-state index in [1.807, 2.05) is 0 Å². The minimum Gasteiger partial charge on any atom is -0.298 e. The molecule has 72 valence electrons. The zero-order valence-electron chi connectivity index (χ0n) is 7.62. The summed E-state index contributed by atoms with van der Waals surface area (Å²) < 4.78 is 24.4. The topological polar surface area (TPSA) is 63.2 Å². The van der Waals surface area contributed by atoms with Gasteiger partial charge < -0.3 is 0 Å². The Bertz CT molecular complexity index is 245. The van der Waals surface area contributed by atoms with Crippen molar-refractivity contribution < 1.29 is 13.2 Å². The highest BCUT2D eigenvalue weighted by molar-refractivity contribution is 7.89. The van der Waals surface area contributed by atoms with Gasteiger partial charge in [0, 0.05) is 0 Å². The molecule has 0 saturated carbocycles. The summed E-state index contributed by atoms with van der Waals surface area (Å²) in [5.74, 6) is -0.0976. The fraction of sp³-hybridized carbons (Fsp3) is 0.857. The van der Waals surface area contributed by atoms with Crippen molar-refractivity contribution in [3.8, 4) is 0 Å². The highest BCUT2D eigenvalue weighted by Crippen LogP contribution is 1.92. The third-order valence-corrected chi connectivity index (χ3v) is 3.10. The van der Waals surface area contributed by atoms with E-state index in [1.165, 1.54) is 13.8 Å². The van der Waals surface area contributed by atoms with Crippen molar-refractivity contribution in [2.75, 3.05) is 5.75 Å². The SMILES string of the molecule is CCCS(=O)(=O)NC(C)C(C)=O. The number of Topliss-reactive ketones (excluding diaryl/α,β-unsaturated/α-hetero) is 1. The smallest absolute Gasteiger partial charge is 0.212 e. The molecular formula is C7H15NO3S. The first-order chi connectivity index (χ1) is 5.39. The third kappa shape index (κ3) is 4.46. The van der Waals surface area contributed by atoms with Gasteiger partial charge in [-0.25, -0.2) is 13.1 Å². The molecule has 0 aliphatic rings. The summed E-state index contributed by atoms with van der Waals surface area (Å²) in [6.07, 6.45) is 0.556. The number of rotatable bonds is 5. The maximum Gasteiger partial charge on any atom is 0.212 e. The predicted molar refractivity (Wildman–Crippen MR) is 47.4 cm³/mol. The van der Waals surface area contributed by atoms with E-state index in [1.54, 1.807) is 6.92 Å². The van der Waals surface area contributed by atoms with Gasteiger partial charge in [-0.15, -0.1) is 0 Å². The number of hydrogen-bond acceptors (Lipinski definition) is 3. The van der Waals surface area contributed by atoms with Gasteiger partial charge in [-0.2, -0.15) is 0 Å². The Morgan fingerprint density at radius 1 is 1.50 bits per heavy atom. The summed E-state index contributed by atoms with van der Waals surface area (Å²) in [6, 6.07) is -0.610. The first-order valence-corrected chi connectivity index (χ1v) is 5.54. The zero-order valence-corrected chi connectivity index (χ0v) is 8.44. The van der Waals surface area contributed by atoms with Crippen molar-refractivity contribution >= 4 is 15.8 Å². The van der Waals surface area contributed by atoms with Crippen molar-refractivity contribution in [1.82, 2.24) is 4.72 Å². The second kappa shape index (κ2) is 4.57. The van der Waals surface area contributed by atoms with Gasteiger partial charge in [0.25, 0.3) is 0 Å². The van der Waals surface area contributed by atoms with Gasteiger partial charge in [-0.05, 0) is 20.3 Å². The molecule has 1 N–H and O–H groups in total. The van der Waals surface area contributed by atoms with Crippen molar-refractivity contribution in [3.63, 3.8) is 0 Å². The van der Waals surface area contributed by atoms with Crippen LogP contribution < -0.4 is 4.72 Å². The lowest BCUT2D eigenvalue weighted by Gasteiger charge is -2.09. The normalized spacial score (nSPS) is 14.2. The van der Waals surface area contributed by atoms with Crippen LogP contribution in [0.5, 0.6) is 0 Å². The Hall–Kier alpha value is -0.420. The van der Waals surface area contributed by atoms with E-state index in [4.69, 9.17) is 0 Å². The van der Waals surface area contributed by atoms with Gasteiger partial charge in [0.2, 0.25) is 10.0 Å². The highest BCUT2D eigenvalue weighted by Gasteiger charge is 2.15. The number of nitrogens with one attached hydrogen (secondary N) is 1. The standard InChI is InChI=1S/C7H15NO3S/c1-4-5-12(10,11)8-6(2)7(3)9/h6,8H,4-5H2,1-3H3. The van der Waals surface area contributed by atoms with Crippen molar-refractivity contribution in [2.45, 2.75) is 33.2 Å². The van der Waals surface area contributed by atoms with Crippen molar-refractivity contribution in [1.29, 1.82) is 0 Å². The molecule has 1 atom stereocenters. The van der Waals surface area contributed by atoms with E-state index in [-0.39, 0.29) is 11.5 Å². The number of hydrogen-bond donors (Lipinski definition) is 1. The molecule has 12 heavy (non-hydrogen) atoms. The molecule has 0 spiro atoms. The van der Waals surface area contributed by atoms with E-state index in [2.05, 4.69) is 4.72 Å². The minimum absolute atomic E-state index is 0.0740. The molecule has 0 aromatic heterocycles. The summed E-state index contributed by atoms with van der Waals surface area (Å²) in [4.78, 5) is 10.7.